The average molecular weight is 1730 g/mol. The van der Waals surface area contributed by atoms with E-state index in [0.717, 1.165) is 198 Å². The molecular weight excluding hydrogens is 1650 g/mol. The van der Waals surface area contributed by atoms with Crippen molar-refractivity contribution in [2.45, 2.75) is 0 Å². The first kappa shape index (κ1) is 78.8. The molecule has 0 saturated heterocycles. The van der Waals surface area contributed by atoms with Gasteiger partial charge in [-0.2, -0.15) is 0 Å². The zero-order chi connectivity index (χ0) is 89.2. The summed E-state index contributed by atoms with van der Waals surface area (Å²) in [6, 6.07) is 157. The van der Waals surface area contributed by atoms with E-state index in [2.05, 4.69) is 346 Å². The Morgan fingerprint density at radius 2 is 0.311 bits per heavy atom. The van der Waals surface area contributed by atoms with Gasteiger partial charge >= 0.3 is 0 Å². The first-order chi connectivity index (χ1) is 66.8. The molecule has 0 aliphatic carbocycles. The van der Waals surface area contributed by atoms with Crippen molar-refractivity contribution in [2.75, 3.05) is 0 Å². The molecule has 27 rings (SSSR count). The summed E-state index contributed by atoms with van der Waals surface area (Å²) in [4.78, 5) is 46.0. The van der Waals surface area contributed by atoms with Gasteiger partial charge in [-0.3, -0.25) is 0 Å². The second-order valence-electron chi connectivity index (χ2n) is 33.9. The van der Waals surface area contributed by atoms with Crippen LogP contribution < -0.4 is 0 Å². The Kier molecular flexibility index (Phi) is 19.6. The van der Waals surface area contributed by atoms with Crippen LogP contribution in [-0.2, 0) is 0 Å². The van der Waals surface area contributed by atoms with Crippen LogP contribution in [0.5, 0.6) is 0 Å². The lowest BCUT2D eigenvalue weighted by Crippen LogP contribution is -2.01. The molecule has 0 aliphatic heterocycles. The van der Waals surface area contributed by atoms with Crippen LogP contribution in [0.3, 0.4) is 0 Å². The standard InChI is InChI=1S/C45H27N3O.C41H25N3O.C37H23N3O/c1-2-10-28(11-3-1)37-25-39(42-38-24-33-16-8-9-17-34(33)26-40(38)49-41(42)27-37)45-47-43(35-20-18-29-12-4-6-14-31(29)22-35)46-44(48-45)36-21-19-30-13-5-7-15-32(30)23-36;1-3-11-26(12-4-1)33-23-35(38-34-22-30-17-9-10-18-31(30)24-36(34)45-37(38)25-33)41-43-39(28-14-5-2-6-15-28)42-40(44-41)32-20-19-27-13-7-8-16-29(27)21-32;1-4-12-24(13-5-1)29-21-31(34-30-20-27-18-10-11-19-28(27)22-32(30)41-33(34)23-29)37-39-35(25-14-6-2-7-15-25)38-36(40-37)26-16-8-3-9-17-26/h1-27H;1-25H;1-23H. The maximum atomic E-state index is 6.64. The predicted octanol–water partition coefficient (Wildman–Crippen LogP) is 32.2. The number of hydrogen-bond acceptors (Lipinski definition) is 12. The second kappa shape index (κ2) is 33.6. The maximum absolute atomic E-state index is 6.64. The van der Waals surface area contributed by atoms with Gasteiger partial charge in [-0.1, -0.05) is 364 Å². The van der Waals surface area contributed by atoms with E-state index in [1.807, 2.05) is 109 Å². The zero-order valence-corrected chi connectivity index (χ0v) is 72.6. The minimum atomic E-state index is 0.597. The Balaban J connectivity index is 0.000000108. The highest BCUT2D eigenvalue weighted by Gasteiger charge is 2.26. The van der Waals surface area contributed by atoms with Crippen LogP contribution in [0.25, 0.3) is 266 Å². The van der Waals surface area contributed by atoms with Crippen LogP contribution in [0.15, 0.2) is 468 Å². The van der Waals surface area contributed by atoms with Crippen molar-refractivity contribution in [1.82, 2.24) is 44.9 Å². The van der Waals surface area contributed by atoms with Crippen LogP contribution in [0.2, 0.25) is 0 Å². The first-order valence-electron chi connectivity index (χ1n) is 45.1. The maximum Gasteiger partial charge on any atom is 0.164 e. The molecule has 0 unspecified atom stereocenters. The Hall–Kier alpha value is -18.4. The van der Waals surface area contributed by atoms with Gasteiger partial charge in [0.25, 0.3) is 0 Å². The summed E-state index contributed by atoms with van der Waals surface area (Å²) in [5.41, 5.74) is 19.6. The number of benzene rings is 21. The summed E-state index contributed by atoms with van der Waals surface area (Å²) in [5, 5.41) is 19.9. The monoisotopic (exact) mass is 1730 g/mol. The minimum Gasteiger partial charge on any atom is -0.456 e. The molecule has 630 valence electrons. The van der Waals surface area contributed by atoms with E-state index in [4.69, 9.17) is 58.1 Å². The average Bonchev–Trinajstić information content (AvgIpc) is 1.61. The van der Waals surface area contributed by atoms with Gasteiger partial charge in [-0.25, -0.2) is 44.9 Å². The molecule has 12 heteroatoms. The minimum absolute atomic E-state index is 0.597. The lowest BCUT2D eigenvalue weighted by Gasteiger charge is -2.12. The van der Waals surface area contributed by atoms with E-state index in [-0.39, 0.29) is 0 Å². The molecule has 21 aromatic carbocycles. The number of furan rings is 3. The van der Waals surface area contributed by atoms with Crippen LogP contribution in [0, 0.1) is 0 Å². The van der Waals surface area contributed by atoms with Crippen molar-refractivity contribution in [3.8, 4) is 136 Å². The van der Waals surface area contributed by atoms with Crippen molar-refractivity contribution >= 4 is 130 Å². The third-order valence-corrected chi connectivity index (χ3v) is 25.4. The third kappa shape index (κ3) is 15.1. The molecule has 0 bridgehead atoms. The van der Waals surface area contributed by atoms with Crippen LogP contribution in [-0.4, -0.2) is 44.9 Å². The van der Waals surface area contributed by atoms with Gasteiger partial charge in [-0.15, -0.1) is 0 Å². The van der Waals surface area contributed by atoms with E-state index in [1.165, 1.54) is 16.2 Å². The van der Waals surface area contributed by atoms with Crippen molar-refractivity contribution < 1.29 is 13.3 Å². The van der Waals surface area contributed by atoms with Gasteiger partial charge in [0.1, 0.15) is 33.5 Å². The lowest BCUT2D eigenvalue weighted by atomic mass is 9.97. The van der Waals surface area contributed by atoms with E-state index in [0.29, 0.717) is 52.4 Å². The molecule has 0 amide bonds. The molecule has 0 aliphatic rings. The molecule has 12 nitrogen and oxygen atoms in total. The highest BCUT2D eigenvalue weighted by Crippen LogP contribution is 2.47. The van der Waals surface area contributed by atoms with Crippen LogP contribution >= 0.6 is 0 Å². The lowest BCUT2D eigenvalue weighted by molar-refractivity contribution is 0.669. The van der Waals surface area contributed by atoms with Crippen LogP contribution in [0.1, 0.15) is 0 Å². The van der Waals surface area contributed by atoms with E-state index >= 15 is 0 Å². The number of hydrogen-bond donors (Lipinski definition) is 0. The highest BCUT2D eigenvalue weighted by atomic mass is 16.3. The number of rotatable bonds is 12. The molecule has 0 spiro atoms. The SMILES string of the molecule is c1ccc(-c2cc(-c3nc(-c4ccc5ccccc5c4)nc(-c4ccc5ccccc5c4)n3)c3c(c2)oc2cc4ccccc4cc23)cc1.c1ccc(-c2cc(-c3nc(-c4ccccc4)nc(-c4ccc5ccccc5c4)n3)c3c(c2)oc2cc4ccccc4cc23)cc1.c1ccc(-c2cc(-c3nc(-c4ccccc4)nc(-c4ccccc4)n3)c3c(c2)oc2cc4ccccc4cc23)cc1. The molecule has 135 heavy (non-hydrogen) atoms. The second-order valence-corrected chi connectivity index (χ2v) is 33.9. The quantitative estimate of drug-likeness (QED) is 0.114. The predicted molar refractivity (Wildman–Crippen MR) is 552 cm³/mol. The van der Waals surface area contributed by atoms with Gasteiger partial charge in [0.2, 0.25) is 0 Å². The van der Waals surface area contributed by atoms with E-state index < -0.39 is 0 Å². The fraction of sp³-hybridized carbons (Fsp3) is 0. The molecule has 0 fully saturated rings. The van der Waals surface area contributed by atoms with Gasteiger partial charge in [0.05, 0.1) is 0 Å². The summed E-state index contributed by atoms with van der Waals surface area (Å²) < 4.78 is 19.8. The molecule has 0 atom stereocenters. The molecule has 0 N–H and O–H groups in total. The summed E-state index contributed by atoms with van der Waals surface area (Å²) >= 11 is 0. The van der Waals surface area contributed by atoms with Crippen LogP contribution in [0.4, 0.5) is 0 Å². The van der Waals surface area contributed by atoms with E-state index in [9.17, 15) is 0 Å². The van der Waals surface area contributed by atoms with Crippen molar-refractivity contribution in [1.29, 1.82) is 0 Å². The fourth-order valence-electron chi connectivity index (χ4n) is 18.7. The number of nitrogens with zero attached hydrogens (tertiary/aromatic N) is 9. The molecule has 6 aromatic heterocycles. The smallest absolute Gasteiger partial charge is 0.164 e. The fourth-order valence-corrected chi connectivity index (χ4v) is 18.7. The van der Waals surface area contributed by atoms with Gasteiger partial charge in [0, 0.05) is 82.4 Å². The molecule has 6 heterocycles. The number of aromatic nitrogens is 9. The molecular formula is C123H75N9O3. The van der Waals surface area contributed by atoms with Gasteiger partial charge in [0.15, 0.2) is 52.4 Å². The number of fused-ring (bicyclic) bond motifs is 15. The topological polar surface area (TPSA) is 155 Å². The summed E-state index contributed by atoms with van der Waals surface area (Å²) in [6.45, 7) is 0. The summed E-state index contributed by atoms with van der Waals surface area (Å²) in [5.74, 6) is 5.56. The Bertz CT molecular complexity index is 9160. The zero-order valence-electron chi connectivity index (χ0n) is 72.6. The van der Waals surface area contributed by atoms with Crippen molar-refractivity contribution in [3.63, 3.8) is 0 Å². The first-order valence-corrected chi connectivity index (χ1v) is 45.1. The normalized spacial score (nSPS) is 11.6. The Labute approximate surface area is 774 Å². The Morgan fingerprint density at radius 3 is 0.556 bits per heavy atom. The summed E-state index contributed by atoms with van der Waals surface area (Å²) in [6.07, 6.45) is 0. The van der Waals surface area contributed by atoms with Gasteiger partial charge < -0.3 is 13.3 Å². The highest BCUT2D eigenvalue weighted by molar-refractivity contribution is 6.19. The van der Waals surface area contributed by atoms with E-state index in [1.54, 1.807) is 0 Å². The van der Waals surface area contributed by atoms with Gasteiger partial charge in [-0.05, 0) is 189 Å². The third-order valence-electron chi connectivity index (χ3n) is 25.4. The van der Waals surface area contributed by atoms with Crippen molar-refractivity contribution in [2.24, 2.45) is 0 Å². The van der Waals surface area contributed by atoms with Crippen molar-refractivity contribution in [3.05, 3.63) is 455 Å². The largest absolute Gasteiger partial charge is 0.456 e. The molecule has 27 aromatic rings. The molecule has 0 saturated carbocycles. The Morgan fingerprint density at radius 1 is 0.119 bits per heavy atom. The molecule has 0 radical (unpaired) electrons. The summed E-state index contributed by atoms with van der Waals surface area (Å²) in [7, 11) is 0.